The van der Waals surface area contributed by atoms with Crippen molar-refractivity contribution in [3.05, 3.63) is 35.2 Å². The molecule has 3 aromatic rings. The molecular weight excluding hydrogens is 450 g/mol. The molecule has 2 N–H and O–H groups in total. The minimum Gasteiger partial charge on any atom is -0.382 e. The molecule has 1 fully saturated rings. The molecule has 0 radical (unpaired) electrons. The van der Waals surface area contributed by atoms with Gasteiger partial charge in [0.1, 0.15) is 6.33 Å². The maximum absolute atomic E-state index is 12.4. The molecule has 0 unspecified atom stereocenters. The van der Waals surface area contributed by atoms with Crippen LogP contribution < -0.4 is 5.73 Å². The van der Waals surface area contributed by atoms with Gasteiger partial charge in [-0.3, -0.25) is 9.69 Å². The molecule has 0 atom stereocenters. The molecular formula is C24H25N7O2S. The Morgan fingerprint density at radius 1 is 1.21 bits per heavy atom. The SMILES string of the molecule is C#Cc1cc2c(cc1Sc1nc3c(N)ncnc3n1CCCN1CCN(C(C)=O)C1=O)CCC2. The number of aryl methyl sites for hydroxylation is 3. The Morgan fingerprint density at radius 3 is 2.74 bits per heavy atom. The number of hydrogen-bond donors (Lipinski definition) is 1. The van der Waals surface area contributed by atoms with E-state index in [0.29, 0.717) is 49.6 Å². The molecule has 5 rings (SSSR count). The van der Waals surface area contributed by atoms with E-state index in [9.17, 15) is 9.59 Å². The van der Waals surface area contributed by atoms with Gasteiger partial charge in [-0.25, -0.2) is 19.7 Å². The van der Waals surface area contributed by atoms with E-state index in [0.717, 1.165) is 34.9 Å². The molecule has 9 nitrogen and oxygen atoms in total. The van der Waals surface area contributed by atoms with Crippen LogP contribution in [0.1, 0.15) is 36.5 Å². The summed E-state index contributed by atoms with van der Waals surface area (Å²) in [6, 6.07) is 4.06. The van der Waals surface area contributed by atoms with Crippen molar-refractivity contribution in [2.75, 3.05) is 25.4 Å². The van der Waals surface area contributed by atoms with Gasteiger partial charge in [-0.15, -0.1) is 6.42 Å². The number of benzene rings is 1. The summed E-state index contributed by atoms with van der Waals surface area (Å²) in [6.07, 6.45) is 11.2. The highest BCUT2D eigenvalue weighted by atomic mass is 32.2. The number of anilines is 1. The number of imide groups is 1. The Kier molecular flexibility index (Phi) is 5.87. The molecule has 2 aromatic heterocycles. The highest BCUT2D eigenvalue weighted by Crippen LogP contribution is 2.36. The minimum absolute atomic E-state index is 0.224. The average molecular weight is 476 g/mol. The third-order valence-electron chi connectivity index (χ3n) is 6.36. The van der Waals surface area contributed by atoms with Crippen LogP contribution in [0.5, 0.6) is 0 Å². The fourth-order valence-electron chi connectivity index (χ4n) is 4.61. The molecule has 0 spiro atoms. The van der Waals surface area contributed by atoms with Crippen LogP contribution in [0.3, 0.4) is 0 Å². The number of fused-ring (bicyclic) bond motifs is 2. The predicted octanol–water partition coefficient (Wildman–Crippen LogP) is 2.70. The lowest BCUT2D eigenvalue weighted by Gasteiger charge is -2.17. The Labute approximate surface area is 201 Å². The number of nitrogens with two attached hydrogens (primary N) is 1. The molecule has 1 aliphatic heterocycles. The third-order valence-corrected chi connectivity index (χ3v) is 7.41. The van der Waals surface area contributed by atoms with Crippen molar-refractivity contribution in [3.8, 4) is 12.3 Å². The number of carbonyl (C=O) groups excluding carboxylic acids is 2. The van der Waals surface area contributed by atoms with Gasteiger partial charge in [0.05, 0.1) is 0 Å². The van der Waals surface area contributed by atoms with Gasteiger partial charge in [-0.1, -0.05) is 17.7 Å². The second-order valence-electron chi connectivity index (χ2n) is 8.49. The van der Waals surface area contributed by atoms with Crippen molar-refractivity contribution in [1.29, 1.82) is 0 Å². The van der Waals surface area contributed by atoms with Gasteiger partial charge < -0.3 is 15.2 Å². The quantitative estimate of drug-likeness (QED) is 0.546. The van der Waals surface area contributed by atoms with Crippen LogP contribution in [0, 0.1) is 12.3 Å². The Hall–Kier alpha value is -3.58. The zero-order chi connectivity index (χ0) is 23.8. The maximum atomic E-state index is 12.4. The van der Waals surface area contributed by atoms with Crippen LogP contribution in [0.4, 0.5) is 10.6 Å². The van der Waals surface area contributed by atoms with Crippen LogP contribution in [0.2, 0.25) is 0 Å². The number of hydrogen-bond acceptors (Lipinski definition) is 7. The highest BCUT2D eigenvalue weighted by Gasteiger charge is 2.30. The maximum Gasteiger partial charge on any atom is 0.326 e. The lowest BCUT2D eigenvalue weighted by molar-refractivity contribution is -0.125. The molecule has 34 heavy (non-hydrogen) atoms. The second-order valence-corrected chi connectivity index (χ2v) is 9.50. The number of amides is 3. The zero-order valence-electron chi connectivity index (χ0n) is 19.0. The van der Waals surface area contributed by atoms with Crippen LogP contribution in [0.15, 0.2) is 28.5 Å². The predicted molar refractivity (Wildman–Crippen MR) is 129 cm³/mol. The summed E-state index contributed by atoms with van der Waals surface area (Å²) < 4.78 is 2.01. The first-order valence-electron chi connectivity index (χ1n) is 11.3. The van der Waals surface area contributed by atoms with E-state index in [1.807, 2.05) is 4.57 Å². The summed E-state index contributed by atoms with van der Waals surface area (Å²) in [5.41, 5.74) is 10.8. The standard InChI is InChI=1S/C24H25N7O2S/c1-3-16-12-17-6-4-7-18(17)13-19(16)34-23-28-20-21(25)26-14-27-22(20)31(23)9-5-8-29-10-11-30(15(2)32)24(29)33/h1,12-14H,4-11H2,2H3,(H2,25,26,27). The third kappa shape index (κ3) is 3.96. The van der Waals surface area contributed by atoms with Crippen LogP contribution >= 0.6 is 11.8 Å². The van der Waals surface area contributed by atoms with Crippen LogP contribution in [-0.2, 0) is 24.2 Å². The van der Waals surface area contributed by atoms with Gasteiger partial charge in [-0.05, 0) is 48.9 Å². The lowest BCUT2D eigenvalue weighted by Crippen LogP contribution is -2.35. The molecule has 2 aliphatic rings. The van der Waals surface area contributed by atoms with E-state index in [1.165, 1.54) is 41.0 Å². The van der Waals surface area contributed by atoms with Crippen molar-refractivity contribution in [1.82, 2.24) is 29.3 Å². The molecule has 174 valence electrons. The lowest BCUT2D eigenvalue weighted by atomic mass is 10.1. The van der Waals surface area contributed by atoms with Gasteiger partial charge in [0.2, 0.25) is 5.91 Å². The number of aromatic nitrogens is 4. The summed E-state index contributed by atoms with van der Waals surface area (Å²) >= 11 is 1.51. The van der Waals surface area contributed by atoms with E-state index in [-0.39, 0.29) is 11.9 Å². The van der Waals surface area contributed by atoms with E-state index in [4.69, 9.17) is 17.1 Å². The Morgan fingerprint density at radius 2 is 2.00 bits per heavy atom. The smallest absolute Gasteiger partial charge is 0.326 e. The zero-order valence-corrected chi connectivity index (χ0v) is 19.8. The van der Waals surface area contributed by atoms with Crippen molar-refractivity contribution >= 4 is 40.7 Å². The molecule has 0 bridgehead atoms. The molecule has 3 heterocycles. The second kappa shape index (κ2) is 8.99. The van der Waals surface area contributed by atoms with Gasteiger partial charge >= 0.3 is 6.03 Å². The average Bonchev–Trinajstić information content (AvgIpc) is 3.51. The number of carbonyl (C=O) groups is 2. The molecule has 1 saturated heterocycles. The summed E-state index contributed by atoms with van der Waals surface area (Å²) in [6.45, 7) is 3.49. The largest absolute Gasteiger partial charge is 0.382 e. The molecule has 0 saturated carbocycles. The van der Waals surface area contributed by atoms with Gasteiger partial charge in [0, 0.05) is 43.6 Å². The van der Waals surface area contributed by atoms with Crippen LogP contribution in [0.25, 0.3) is 11.2 Å². The van der Waals surface area contributed by atoms with Gasteiger partial charge in [0.25, 0.3) is 0 Å². The van der Waals surface area contributed by atoms with E-state index < -0.39 is 0 Å². The fraction of sp³-hybridized carbons (Fsp3) is 0.375. The van der Waals surface area contributed by atoms with E-state index in [2.05, 4.69) is 28.0 Å². The summed E-state index contributed by atoms with van der Waals surface area (Å²) in [4.78, 5) is 41.3. The normalized spacial score (nSPS) is 15.2. The number of nitrogen functional groups attached to an aromatic ring is 1. The first-order valence-corrected chi connectivity index (χ1v) is 12.1. The minimum atomic E-state index is -0.235. The van der Waals surface area contributed by atoms with E-state index >= 15 is 0 Å². The first-order chi connectivity index (χ1) is 16.5. The fourth-order valence-corrected chi connectivity index (χ4v) is 5.66. The van der Waals surface area contributed by atoms with Crippen molar-refractivity contribution in [2.45, 2.75) is 49.2 Å². The Bertz CT molecular complexity index is 1340. The molecule has 10 heteroatoms. The number of rotatable bonds is 6. The number of urea groups is 1. The summed E-state index contributed by atoms with van der Waals surface area (Å²) in [5, 5.41) is 0.731. The van der Waals surface area contributed by atoms with Crippen molar-refractivity contribution in [2.24, 2.45) is 0 Å². The van der Waals surface area contributed by atoms with Crippen LogP contribution in [-0.4, -0.2) is 60.9 Å². The van der Waals surface area contributed by atoms with E-state index in [1.54, 1.807) is 4.90 Å². The van der Waals surface area contributed by atoms with Crippen molar-refractivity contribution < 1.29 is 9.59 Å². The van der Waals surface area contributed by atoms with Gasteiger partial charge in [-0.2, -0.15) is 0 Å². The number of nitrogens with zero attached hydrogens (tertiary/aromatic N) is 6. The summed E-state index contributed by atoms with van der Waals surface area (Å²) in [5.74, 6) is 2.92. The topological polar surface area (TPSA) is 110 Å². The van der Waals surface area contributed by atoms with Gasteiger partial charge in [0.15, 0.2) is 22.1 Å². The molecule has 1 aliphatic carbocycles. The number of imidazole rings is 1. The van der Waals surface area contributed by atoms with Crippen molar-refractivity contribution in [3.63, 3.8) is 0 Å². The monoisotopic (exact) mass is 475 g/mol. The molecule has 1 aromatic carbocycles. The Balaban J connectivity index is 1.41. The highest BCUT2D eigenvalue weighted by molar-refractivity contribution is 7.99. The number of terminal acetylenes is 1. The first kappa shape index (κ1) is 22.2. The summed E-state index contributed by atoms with van der Waals surface area (Å²) in [7, 11) is 0. The molecule has 3 amide bonds.